The molecule has 2 unspecified atom stereocenters. The van der Waals surface area contributed by atoms with E-state index in [0.29, 0.717) is 19.4 Å². The Balaban J connectivity index is 1.86. The lowest BCUT2D eigenvalue weighted by Gasteiger charge is -2.40. The molecule has 154 valence electrons. The van der Waals surface area contributed by atoms with Crippen LogP contribution in [-0.4, -0.2) is 51.4 Å². The molecule has 1 aliphatic carbocycles. The zero-order valence-electron chi connectivity index (χ0n) is 16.7. The predicted molar refractivity (Wildman–Crippen MR) is 110 cm³/mol. The van der Waals surface area contributed by atoms with Crippen LogP contribution in [0, 0.1) is 0 Å². The summed E-state index contributed by atoms with van der Waals surface area (Å²) < 4.78 is 31.4. The average molecular weight is 407 g/mol. The van der Waals surface area contributed by atoms with Crippen LogP contribution in [0.3, 0.4) is 0 Å². The van der Waals surface area contributed by atoms with E-state index >= 15 is 0 Å². The van der Waals surface area contributed by atoms with Crippen molar-refractivity contribution in [3.8, 4) is 0 Å². The fraction of sp³-hybridized carbons (Fsp3) is 0.571. The van der Waals surface area contributed by atoms with Gasteiger partial charge in [-0.1, -0.05) is 30.3 Å². The smallest absolute Gasteiger partial charge is 0.409 e. The summed E-state index contributed by atoms with van der Waals surface area (Å²) in [7, 11) is -2.00. The number of amides is 1. The van der Waals surface area contributed by atoms with Gasteiger partial charge in [0.15, 0.2) is 0 Å². The van der Waals surface area contributed by atoms with E-state index in [-0.39, 0.29) is 12.1 Å². The summed E-state index contributed by atoms with van der Waals surface area (Å²) >= 11 is 0. The molecular formula is C21H30N2O4S. The number of carbonyl (C=O) groups is 1. The number of nitrogens with one attached hydrogen (secondary N) is 1. The standard InChI is InChI=1S/C21H30N2O4S/c1-27-21(24)23-13-7-12-19(22-28(2,25)26)20(23)15-16-8-6-11-18(14-16)17-9-4-3-5-10-17/h6,8-9,11,14,19-20,22H,3-5,7,10,12-13,15H2,1-2H3. The molecule has 0 aromatic heterocycles. The first-order valence-electron chi connectivity index (χ1n) is 9.97. The second kappa shape index (κ2) is 9.09. The lowest BCUT2D eigenvalue weighted by molar-refractivity contribution is 0.0792. The van der Waals surface area contributed by atoms with Crippen molar-refractivity contribution < 1.29 is 17.9 Å². The van der Waals surface area contributed by atoms with Gasteiger partial charge in [-0.15, -0.1) is 0 Å². The molecule has 2 aliphatic rings. The Kier molecular flexibility index (Phi) is 6.78. The summed E-state index contributed by atoms with van der Waals surface area (Å²) in [6, 6.07) is 7.82. The van der Waals surface area contributed by atoms with Gasteiger partial charge in [-0.05, 0) is 61.6 Å². The summed E-state index contributed by atoms with van der Waals surface area (Å²) in [4.78, 5) is 14.0. The molecular weight excluding hydrogens is 376 g/mol. The topological polar surface area (TPSA) is 75.7 Å². The third-order valence-corrected chi connectivity index (χ3v) is 6.32. The first-order valence-corrected chi connectivity index (χ1v) is 11.9. The summed E-state index contributed by atoms with van der Waals surface area (Å²) in [6.07, 6.45) is 9.79. The van der Waals surface area contributed by atoms with Gasteiger partial charge in [0.25, 0.3) is 0 Å². The van der Waals surface area contributed by atoms with Crippen molar-refractivity contribution >= 4 is 21.7 Å². The number of likely N-dealkylation sites (tertiary alicyclic amines) is 1. The number of methoxy groups -OCH3 is 1. The molecule has 6 nitrogen and oxygen atoms in total. The summed E-state index contributed by atoms with van der Waals surface area (Å²) in [5.41, 5.74) is 3.71. The fourth-order valence-electron chi connectivity index (χ4n) is 4.31. The Morgan fingerprint density at radius 1 is 1.29 bits per heavy atom. The number of hydrogen-bond donors (Lipinski definition) is 1. The van der Waals surface area contributed by atoms with Crippen LogP contribution < -0.4 is 4.72 Å². The maximum absolute atomic E-state index is 12.3. The Labute approximate surface area is 168 Å². The molecule has 0 bridgehead atoms. The van der Waals surface area contributed by atoms with Gasteiger partial charge in [0.1, 0.15) is 0 Å². The monoisotopic (exact) mass is 406 g/mol. The van der Waals surface area contributed by atoms with Gasteiger partial charge >= 0.3 is 6.09 Å². The summed E-state index contributed by atoms with van der Waals surface area (Å²) in [6.45, 7) is 0.574. The van der Waals surface area contributed by atoms with E-state index in [1.165, 1.54) is 31.1 Å². The van der Waals surface area contributed by atoms with Crippen LogP contribution in [0.4, 0.5) is 4.79 Å². The number of rotatable bonds is 5. The third kappa shape index (κ3) is 5.35. The highest BCUT2D eigenvalue weighted by Crippen LogP contribution is 2.29. The molecule has 1 aromatic carbocycles. The number of nitrogens with zero attached hydrogens (tertiary/aromatic N) is 1. The first kappa shape index (κ1) is 20.9. The largest absolute Gasteiger partial charge is 0.453 e. The van der Waals surface area contributed by atoms with E-state index in [0.717, 1.165) is 31.1 Å². The number of sulfonamides is 1. The van der Waals surface area contributed by atoms with Crippen molar-refractivity contribution in [2.24, 2.45) is 0 Å². The normalized spacial score (nSPS) is 23.2. The SMILES string of the molecule is COC(=O)N1CCCC(NS(C)(=O)=O)C1Cc1cccc(C2=CCCCC2)c1. The van der Waals surface area contributed by atoms with E-state index in [4.69, 9.17) is 4.74 Å². The van der Waals surface area contributed by atoms with Crippen LogP contribution in [0.15, 0.2) is 30.3 Å². The van der Waals surface area contributed by atoms with Crippen molar-refractivity contribution in [1.29, 1.82) is 0 Å². The Morgan fingerprint density at radius 2 is 2.11 bits per heavy atom. The van der Waals surface area contributed by atoms with E-state index in [9.17, 15) is 13.2 Å². The van der Waals surface area contributed by atoms with Gasteiger partial charge in [0, 0.05) is 12.6 Å². The lowest BCUT2D eigenvalue weighted by atomic mass is 9.89. The van der Waals surface area contributed by atoms with Crippen molar-refractivity contribution in [2.45, 2.75) is 57.0 Å². The fourth-order valence-corrected chi connectivity index (χ4v) is 5.13. The highest BCUT2D eigenvalue weighted by Gasteiger charge is 2.36. The molecule has 1 fully saturated rings. The minimum atomic E-state index is -3.37. The Hall–Kier alpha value is -1.86. The molecule has 0 saturated carbocycles. The number of benzene rings is 1. The van der Waals surface area contributed by atoms with Crippen molar-refractivity contribution in [2.75, 3.05) is 19.9 Å². The highest BCUT2D eigenvalue weighted by molar-refractivity contribution is 7.88. The van der Waals surface area contributed by atoms with Gasteiger partial charge < -0.3 is 9.64 Å². The molecule has 1 N–H and O–H groups in total. The highest BCUT2D eigenvalue weighted by atomic mass is 32.2. The van der Waals surface area contributed by atoms with Gasteiger partial charge in [0.2, 0.25) is 10.0 Å². The van der Waals surface area contributed by atoms with Crippen LogP contribution >= 0.6 is 0 Å². The van der Waals surface area contributed by atoms with E-state index in [2.05, 4.69) is 29.0 Å². The molecule has 1 amide bonds. The molecule has 7 heteroatoms. The minimum Gasteiger partial charge on any atom is -0.453 e. The Morgan fingerprint density at radius 3 is 2.79 bits per heavy atom. The number of carbonyl (C=O) groups excluding carboxylic acids is 1. The van der Waals surface area contributed by atoms with E-state index in [1.807, 2.05) is 6.07 Å². The van der Waals surface area contributed by atoms with Crippen molar-refractivity contribution in [3.05, 3.63) is 41.5 Å². The summed E-state index contributed by atoms with van der Waals surface area (Å²) in [5, 5.41) is 0. The van der Waals surface area contributed by atoms with Crippen LogP contribution in [0.2, 0.25) is 0 Å². The number of piperidine rings is 1. The number of hydrogen-bond acceptors (Lipinski definition) is 4. The molecule has 1 heterocycles. The average Bonchev–Trinajstić information content (AvgIpc) is 2.68. The maximum Gasteiger partial charge on any atom is 0.409 e. The predicted octanol–water partition coefficient (Wildman–Crippen LogP) is 3.34. The zero-order chi connectivity index (χ0) is 20.1. The zero-order valence-corrected chi connectivity index (χ0v) is 17.5. The van der Waals surface area contributed by atoms with Crippen molar-refractivity contribution in [1.82, 2.24) is 9.62 Å². The molecule has 28 heavy (non-hydrogen) atoms. The molecule has 2 atom stereocenters. The molecule has 0 spiro atoms. The lowest BCUT2D eigenvalue weighted by Crippen LogP contribution is -2.57. The van der Waals surface area contributed by atoms with E-state index < -0.39 is 16.1 Å². The molecule has 0 radical (unpaired) electrons. The van der Waals surface area contributed by atoms with Gasteiger partial charge in [-0.3, -0.25) is 0 Å². The van der Waals surface area contributed by atoms with Gasteiger partial charge in [-0.25, -0.2) is 17.9 Å². The third-order valence-electron chi connectivity index (χ3n) is 5.59. The first-order chi connectivity index (χ1) is 13.4. The number of allylic oxidation sites excluding steroid dienone is 2. The Bertz CT molecular complexity index is 835. The van der Waals surface area contributed by atoms with Crippen LogP contribution in [0.5, 0.6) is 0 Å². The van der Waals surface area contributed by atoms with Crippen molar-refractivity contribution in [3.63, 3.8) is 0 Å². The van der Waals surface area contributed by atoms with Crippen LogP contribution in [0.25, 0.3) is 5.57 Å². The van der Waals surface area contributed by atoms with Gasteiger partial charge in [-0.2, -0.15) is 0 Å². The van der Waals surface area contributed by atoms with Crippen LogP contribution in [-0.2, 0) is 21.2 Å². The maximum atomic E-state index is 12.3. The molecule has 1 saturated heterocycles. The van der Waals surface area contributed by atoms with Gasteiger partial charge in [0.05, 0.1) is 19.4 Å². The van der Waals surface area contributed by atoms with E-state index in [1.54, 1.807) is 4.90 Å². The molecule has 1 aliphatic heterocycles. The minimum absolute atomic E-state index is 0.272. The second-order valence-electron chi connectivity index (χ2n) is 7.75. The molecule has 3 rings (SSSR count). The molecule has 1 aromatic rings. The summed E-state index contributed by atoms with van der Waals surface area (Å²) in [5.74, 6) is 0. The quantitative estimate of drug-likeness (QED) is 0.814. The van der Waals surface area contributed by atoms with Crippen LogP contribution in [0.1, 0.15) is 49.7 Å². The second-order valence-corrected chi connectivity index (χ2v) is 9.53. The number of ether oxygens (including phenoxy) is 1.